The number of benzene rings is 1. The minimum atomic E-state index is 0.100. The zero-order chi connectivity index (χ0) is 21.1. The Balaban J connectivity index is 2.31. The van der Waals surface area contributed by atoms with E-state index in [0.717, 1.165) is 0 Å². The molecule has 2 heterocycles. The maximum absolute atomic E-state index is 2.69. The highest BCUT2D eigenvalue weighted by Crippen LogP contribution is 2.49. The van der Waals surface area contributed by atoms with E-state index in [2.05, 4.69) is 115 Å². The molecule has 2 aromatic rings. The van der Waals surface area contributed by atoms with Gasteiger partial charge in [-0.1, -0.05) is 40.7 Å². The van der Waals surface area contributed by atoms with Gasteiger partial charge < -0.3 is 4.90 Å². The van der Waals surface area contributed by atoms with Gasteiger partial charge in [0.05, 0.1) is 0 Å². The average molecular weight is 380 g/mol. The van der Waals surface area contributed by atoms with E-state index in [0.29, 0.717) is 11.5 Å². The van der Waals surface area contributed by atoms with E-state index in [1.807, 2.05) is 0 Å². The van der Waals surface area contributed by atoms with E-state index in [1.165, 1.54) is 34.6 Å². The molecule has 1 saturated heterocycles. The summed E-state index contributed by atoms with van der Waals surface area (Å²) in [6, 6.07) is 11.8. The number of aromatic nitrogens is 1. The quantitative estimate of drug-likeness (QED) is 0.557. The molecule has 0 saturated carbocycles. The van der Waals surface area contributed by atoms with Crippen LogP contribution in [0, 0.1) is 19.3 Å². The lowest BCUT2D eigenvalue weighted by Crippen LogP contribution is -2.44. The summed E-state index contributed by atoms with van der Waals surface area (Å²) in [6.45, 7) is 23.5. The van der Waals surface area contributed by atoms with Crippen LogP contribution < -0.4 is 9.47 Å². The van der Waals surface area contributed by atoms with Crippen LogP contribution in [0.1, 0.15) is 78.6 Å². The molecular weight excluding hydrogens is 340 g/mol. The van der Waals surface area contributed by atoms with Crippen LogP contribution in [-0.2, 0) is 5.41 Å². The summed E-state index contributed by atoms with van der Waals surface area (Å²) in [7, 11) is 0. The molecule has 1 aromatic carbocycles. The van der Waals surface area contributed by atoms with Crippen LogP contribution in [0.5, 0.6) is 0 Å². The molecule has 1 fully saturated rings. The Bertz CT molecular complexity index is 884. The van der Waals surface area contributed by atoms with Crippen molar-refractivity contribution in [2.75, 3.05) is 4.90 Å². The molecule has 0 radical (unpaired) electrons. The Hall–Kier alpha value is -1.83. The standard InChI is InChI=1S/C26H39N2/c1-18-13-11-12-14-27(18)22-15-21(24(4,5)6)16-23(19(22)2)28-20(3)25(7,8)17-26(28,9)10/h11-16,20H,17H2,1-10H3/q+1/t20-/m1/s1. The minimum Gasteiger partial charge on any atom is -0.363 e. The number of aryl methyl sites for hydroxylation is 1. The van der Waals surface area contributed by atoms with Gasteiger partial charge in [-0.05, 0) is 56.6 Å². The minimum absolute atomic E-state index is 0.100. The van der Waals surface area contributed by atoms with E-state index in [1.54, 1.807) is 0 Å². The van der Waals surface area contributed by atoms with Crippen molar-refractivity contribution in [2.45, 2.75) is 92.7 Å². The molecule has 0 N–H and O–H groups in total. The van der Waals surface area contributed by atoms with Gasteiger partial charge >= 0.3 is 0 Å². The lowest BCUT2D eigenvalue weighted by atomic mass is 9.82. The number of rotatable bonds is 2. The Morgan fingerprint density at radius 3 is 2.18 bits per heavy atom. The summed E-state index contributed by atoms with van der Waals surface area (Å²) in [5.41, 5.74) is 7.24. The molecule has 3 rings (SSSR count). The van der Waals surface area contributed by atoms with Crippen LogP contribution in [0.3, 0.4) is 0 Å². The van der Waals surface area contributed by atoms with Gasteiger partial charge in [-0.25, -0.2) is 0 Å². The SMILES string of the molecule is Cc1c(N2[C@H](C)C(C)(C)CC2(C)C)cc(C(C)(C)C)cc1-[n+]1ccccc1C. The highest BCUT2D eigenvalue weighted by Gasteiger charge is 2.49. The first-order chi connectivity index (χ1) is 12.8. The molecule has 2 heteroatoms. The predicted molar refractivity (Wildman–Crippen MR) is 121 cm³/mol. The van der Waals surface area contributed by atoms with Crippen LogP contribution in [0.15, 0.2) is 36.5 Å². The van der Waals surface area contributed by atoms with Crippen molar-refractivity contribution >= 4 is 5.69 Å². The van der Waals surface area contributed by atoms with Crippen LogP contribution in [0.4, 0.5) is 5.69 Å². The fraction of sp³-hybridized carbons (Fsp3) is 0.577. The van der Waals surface area contributed by atoms with Crippen LogP contribution in [-0.4, -0.2) is 11.6 Å². The fourth-order valence-electron chi connectivity index (χ4n) is 5.17. The van der Waals surface area contributed by atoms with Crippen LogP contribution >= 0.6 is 0 Å². The Labute approximate surface area is 172 Å². The van der Waals surface area contributed by atoms with Gasteiger partial charge in [-0.3, -0.25) is 0 Å². The van der Waals surface area contributed by atoms with Gasteiger partial charge in [0.2, 0.25) is 5.69 Å². The summed E-state index contributed by atoms with van der Waals surface area (Å²) in [5, 5.41) is 0. The van der Waals surface area contributed by atoms with E-state index >= 15 is 0 Å². The van der Waals surface area contributed by atoms with Crippen molar-refractivity contribution in [1.29, 1.82) is 0 Å². The lowest BCUT2D eigenvalue weighted by Gasteiger charge is -2.39. The molecule has 152 valence electrons. The first kappa shape index (κ1) is 20.9. The van der Waals surface area contributed by atoms with Gasteiger partial charge in [-0.2, -0.15) is 4.57 Å². The van der Waals surface area contributed by atoms with Gasteiger partial charge in [-0.15, -0.1) is 0 Å². The van der Waals surface area contributed by atoms with E-state index in [9.17, 15) is 0 Å². The largest absolute Gasteiger partial charge is 0.363 e. The fourth-order valence-corrected chi connectivity index (χ4v) is 5.17. The molecule has 1 aliphatic heterocycles. The topological polar surface area (TPSA) is 7.12 Å². The molecule has 28 heavy (non-hydrogen) atoms. The zero-order valence-corrected chi connectivity index (χ0v) is 19.6. The number of anilines is 1. The second kappa shape index (κ2) is 6.61. The first-order valence-electron chi connectivity index (χ1n) is 10.7. The second-order valence-corrected chi connectivity index (χ2v) is 11.1. The lowest BCUT2D eigenvalue weighted by molar-refractivity contribution is -0.603. The van der Waals surface area contributed by atoms with Crippen molar-refractivity contribution in [3.63, 3.8) is 0 Å². The number of hydrogen-bond donors (Lipinski definition) is 0. The van der Waals surface area contributed by atoms with Gasteiger partial charge in [0.15, 0.2) is 11.9 Å². The van der Waals surface area contributed by atoms with E-state index in [-0.39, 0.29) is 11.0 Å². The summed E-state index contributed by atoms with van der Waals surface area (Å²) < 4.78 is 2.34. The number of pyridine rings is 1. The molecule has 0 spiro atoms. The Morgan fingerprint density at radius 1 is 1.04 bits per heavy atom. The zero-order valence-electron chi connectivity index (χ0n) is 19.6. The average Bonchev–Trinajstić information content (AvgIpc) is 2.71. The maximum atomic E-state index is 2.69. The predicted octanol–water partition coefficient (Wildman–Crippen LogP) is 6.28. The van der Waals surface area contributed by atoms with Crippen molar-refractivity contribution in [2.24, 2.45) is 5.41 Å². The number of hydrogen-bond acceptors (Lipinski definition) is 1. The highest BCUT2D eigenvalue weighted by molar-refractivity contribution is 5.65. The smallest absolute Gasteiger partial charge is 0.216 e. The molecule has 1 aliphatic rings. The van der Waals surface area contributed by atoms with Crippen molar-refractivity contribution in [3.8, 4) is 5.69 Å². The Morgan fingerprint density at radius 2 is 1.68 bits per heavy atom. The van der Waals surface area contributed by atoms with Crippen LogP contribution in [0.2, 0.25) is 0 Å². The van der Waals surface area contributed by atoms with Gasteiger partial charge in [0, 0.05) is 48.0 Å². The monoisotopic (exact) mass is 379 g/mol. The van der Waals surface area contributed by atoms with Crippen LogP contribution in [0.25, 0.3) is 5.69 Å². The summed E-state index contributed by atoms with van der Waals surface area (Å²) in [5.74, 6) is 0. The third-order valence-corrected chi connectivity index (χ3v) is 6.86. The molecule has 2 nitrogen and oxygen atoms in total. The summed E-state index contributed by atoms with van der Waals surface area (Å²) in [6.07, 6.45) is 3.39. The van der Waals surface area contributed by atoms with Crippen molar-refractivity contribution in [1.82, 2.24) is 0 Å². The van der Waals surface area contributed by atoms with E-state index < -0.39 is 0 Å². The van der Waals surface area contributed by atoms with Gasteiger partial charge in [0.1, 0.15) is 0 Å². The number of nitrogens with zero attached hydrogens (tertiary/aromatic N) is 2. The summed E-state index contributed by atoms with van der Waals surface area (Å²) in [4.78, 5) is 2.69. The normalized spacial score (nSPS) is 21.2. The molecule has 0 bridgehead atoms. The highest BCUT2D eigenvalue weighted by atomic mass is 15.3. The molecule has 0 unspecified atom stereocenters. The summed E-state index contributed by atoms with van der Waals surface area (Å²) >= 11 is 0. The first-order valence-corrected chi connectivity index (χ1v) is 10.7. The third kappa shape index (κ3) is 3.47. The van der Waals surface area contributed by atoms with Crippen molar-refractivity contribution in [3.05, 3.63) is 53.3 Å². The maximum Gasteiger partial charge on any atom is 0.216 e. The van der Waals surface area contributed by atoms with E-state index in [4.69, 9.17) is 0 Å². The molecular formula is C26H39N2+. The third-order valence-electron chi connectivity index (χ3n) is 6.86. The Kier molecular flexibility index (Phi) is 4.93. The van der Waals surface area contributed by atoms with Gasteiger partial charge in [0.25, 0.3) is 0 Å². The molecule has 1 aromatic heterocycles. The molecule has 0 amide bonds. The second-order valence-electron chi connectivity index (χ2n) is 11.1. The van der Waals surface area contributed by atoms with Crippen molar-refractivity contribution < 1.29 is 4.57 Å². The molecule has 0 aliphatic carbocycles. The molecule has 1 atom stereocenters.